The number of thioether (sulfide) groups is 1. The normalized spacial score (nSPS) is 11.0. The maximum Gasteiger partial charge on any atom is 0.288 e. The minimum absolute atomic E-state index is 0.0358. The van der Waals surface area contributed by atoms with Crippen molar-refractivity contribution in [2.45, 2.75) is 10.9 Å². The van der Waals surface area contributed by atoms with Crippen LogP contribution in [0, 0.1) is 10.1 Å². The number of carbonyl (C=O) groups is 1. The van der Waals surface area contributed by atoms with Crippen molar-refractivity contribution in [2.24, 2.45) is 12.1 Å². The Bertz CT molecular complexity index is 1070. The maximum atomic E-state index is 12.2. The molecule has 0 saturated heterocycles. The summed E-state index contributed by atoms with van der Waals surface area (Å²) in [4.78, 5) is 22.5. The predicted octanol–water partition coefficient (Wildman–Crippen LogP) is 3.43. The average molecular weight is 431 g/mol. The lowest BCUT2D eigenvalue weighted by Crippen LogP contribution is -2.17. The van der Waals surface area contributed by atoms with Crippen molar-refractivity contribution < 1.29 is 9.72 Å². The molecule has 1 N–H and O–H groups in total. The van der Waals surface area contributed by atoms with Crippen LogP contribution in [0.2, 0.25) is 5.02 Å². The summed E-state index contributed by atoms with van der Waals surface area (Å²) in [5.74, 6) is 0.305. The zero-order valence-electron chi connectivity index (χ0n) is 15.2. The molecule has 11 heteroatoms. The molecule has 0 aliphatic carbocycles. The van der Waals surface area contributed by atoms with Crippen LogP contribution >= 0.6 is 23.4 Å². The van der Waals surface area contributed by atoms with Crippen LogP contribution in [0.15, 0.2) is 59.0 Å². The monoisotopic (exact) mass is 430 g/mol. The van der Waals surface area contributed by atoms with Crippen LogP contribution < -0.4 is 5.43 Å². The first-order chi connectivity index (χ1) is 13.9. The summed E-state index contributed by atoms with van der Waals surface area (Å²) in [7, 11) is 1.87. The third-order valence-corrected chi connectivity index (χ3v) is 5.23. The van der Waals surface area contributed by atoms with Crippen molar-refractivity contribution in [1.82, 2.24) is 20.2 Å². The molecule has 3 rings (SSSR count). The van der Waals surface area contributed by atoms with Crippen molar-refractivity contribution in [3.8, 4) is 0 Å². The fourth-order valence-electron chi connectivity index (χ4n) is 2.28. The van der Waals surface area contributed by atoms with E-state index in [0.29, 0.717) is 16.9 Å². The van der Waals surface area contributed by atoms with E-state index in [0.717, 1.165) is 10.7 Å². The average Bonchev–Trinajstić information content (AvgIpc) is 3.12. The number of rotatable bonds is 7. The van der Waals surface area contributed by atoms with E-state index < -0.39 is 10.8 Å². The van der Waals surface area contributed by atoms with Gasteiger partial charge in [0.2, 0.25) is 0 Å². The molecule has 0 atom stereocenters. The lowest BCUT2D eigenvalue weighted by molar-refractivity contribution is -0.384. The molecule has 2 aromatic carbocycles. The largest absolute Gasteiger partial charge is 0.312 e. The predicted molar refractivity (Wildman–Crippen MR) is 110 cm³/mol. The third-order valence-electron chi connectivity index (χ3n) is 3.80. The fraction of sp³-hybridized carbons (Fsp3) is 0.111. The lowest BCUT2D eigenvalue weighted by atomic mass is 10.1. The Balaban J connectivity index is 1.57. The van der Waals surface area contributed by atoms with Crippen LogP contribution in [0.5, 0.6) is 0 Å². The summed E-state index contributed by atoms with van der Waals surface area (Å²) >= 11 is 7.31. The molecule has 1 amide bonds. The molecule has 0 aliphatic rings. The summed E-state index contributed by atoms with van der Waals surface area (Å²) < 4.78 is 1.83. The highest BCUT2D eigenvalue weighted by Gasteiger charge is 2.12. The Morgan fingerprint density at radius 1 is 1.34 bits per heavy atom. The molecular weight excluding hydrogens is 416 g/mol. The van der Waals surface area contributed by atoms with E-state index in [1.54, 1.807) is 36.3 Å². The highest BCUT2D eigenvalue weighted by atomic mass is 35.5. The van der Waals surface area contributed by atoms with E-state index in [1.165, 1.54) is 18.3 Å². The van der Waals surface area contributed by atoms with Crippen LogP contribution in [-0.4, -0.2) is 31.8 Å². The quantitative estimate of drug-likeness (QED) is 0.266. The van der Waals surface area contributed by atoms with Gasteiger partial charge < -0.3 is 4.57 Å². The van der Waals surface area contributed by atoms with Crippen molar-refractivity contribution in [1.29, 1.82) is 0 Å². The molecule has 3 aromatic rings. The summed E-state index contributed by atoms with van der Waals surface area (Å²) in [5.41, 5.74) is 4.08. The number of nitrogens with one attached hydrogen (secondary N) is 1. The second-order valence-corrected chi connectivity index (χ2v) is 7.23. The zero-order valence-corrected chi connectivity index (χ0v) is 16.7. The molecule has 29 heavy (non-hydrogen) atoms. The Morgan fingerprint density at radius 2 is 2.10 bits per heavy atom. The van der Waals surface area contributed by atoms with Gasteiger partial charge in [-0.1, -0.05) is 41.6 Å². The standard InChI is InChI=1S/C18H15ClN6O3S/c1-24-11-21-23-18(24)29-10-12-2-5-14(6-3-12)17(26)22-20-9-13-4-7-15(19)16(8-13)25(27)28/h2-9,11H,10H2,1H3,(H,22,26). The van der Waals surface area contributed by atoms with E-state index in [1.807, 2.05) is 23.7 Å². The molecule has 1 aromatic heterocycles. The summed E-state index contributed by atoms with van der Waals surface area (Å²) in [5, 5.41) is 23.4. The molecule has 0 fully saturated rings. The first-order valence-electron chi connectivity index (χ1n) is 8.27. The number of carbonyl (C=O) groups excluding carboxylic acids is 1. The number of nitro benzene ring substituents is 1. The number of aromatic nitrogens is 3. The Hall–Kier alpha value is -3.24. The smallest absolute Gasteiger partial charge is 0.288 e. The Labute approximate surface area is 174 Å². The second-order valence-electron chi connectivity index (χ2n) is 5.88. The van der Waals surface area contributed by atoms with Gasteiger partial charge >= 0.3 is 0 Å². The third kappa shape index (κ3) is 5.39. The highest BCUT2D eigenvalue weighted by Crippen LogP contribution is 2.24. The molecule has 0 spiro atoms. The molecule has 0 aliphatic heterocycles. The number of hydrogen-bond acceptors (Lipinski definition) is 7. The first-order valence-corrected chi connectivity index (χ1v) is 9.63. The summed E-state index contributed by atoms with van der Waals surface area (Å²) in [6.07, 6.45) is 2.95. The summed E-state index contributed by atoms with van der Waals surface area (Å²) in [6, 6.07) is 11.3. The van der Waals surface area contributed by atoms with Gasteiger partial charge in [-0.05, 0) is 23.8 Å². The van der Waals surface area contributed by atoms with Gasteiger partial charge in [0.15, 0.2) is 5.16 Å². The molecule has 1 heterocycles. The minimum Gasteiger partial charge on any atom is -0.312 e. The zero-order chi connectivity index (χ0) is 20.8. The molecule has 0 saturated carbocycles. The van der Waals surface area contributed by atoms with E-state index in [-0.39, 0.29) is 10.7 Å². The number of hydrazone groups is 1. The Kier molecular flexibility index (Phi) is 6.57. The molecular formula is C18H15ClN6O3S. The second kappa shape index (κ2) is 9.30. The molecule has 0 unspecified atom stereocenters. The van der Waals surface area contributed by atoms with E-state index in [9.17, 15) is 14.9 Å². The van der Waals surface area contributed by atoms with Crippen molar-refractivity contribution in [3.05, 3.63) is 80.6 Å². The number of hydrogen-bond donors (Lipinski definition) is 1. The van der Waals surface area contributed by atoms with E-state index in [4.69, 9.17) is 11.6 Å². The molecule has 0 radical (unpaired) electrons. The van der Waals surface area contributed by atoms with Crippen LogP contribution in [0.25, 0.3) is 0 Å². The minimum atomic E-state index is -0.581. The van der Waals surface area contributed by atoms with Crippen LogP contribution in [-0.2, 0) is 12.8 Å². The summed E-state index contributed by atoms with van der Waals surface area (Å²) in [6.45, 7) is 0. The molecule has 148 valence electrons. The number of aryl methyl sites for hydroxylation is 1. The topological polar surface area (TPSA) is 115 Å². The molecule has 0 bridgehead atoms. The first kappa shape index (κ1) is 20.5. The lowest BCUT2D eigenvalue weighted by Gasteiger charge is -2.03. The maximum absolute atomic E-state index is 12.2. The van der Waals surface area contributed by atoms with Crippen molar-refractivity contribution >= 4 is 41.2 Å². The van der Waals surface area contributed by atoms with Crippen LogP contribution in [0.1, 0.15) is 21.5 Å². The van der Waals surface area contributed by atoms with Gasteiger partial charge in [0.05, 0.1) is 11.1 Å². The van der Waals surface area contributed by atoms with Crippen LogP contribution in [0.3, 0.4) is 0 Å². The van der Waals surface area contributed by atoms with Crippen molar-refractivity contribution in [2.75, 3.05) is 0 Å². The van der Waals surface area contributed by atoms with Gasteiger partial charge in [-0.2, -0.15) is 5.10 Å². The van der Waals surface area contributed by atoms with Gasteiger partial charge in [0.25, 0.3) is 11.6 Å². The van der Waals surface area contributed by atoms with E-state index in [2.05, 4.69) is 20.7 Å². The van der Waals surface area contributed by atoms with Gasteiger partial charge in [-0.25, -0.2) is 5.43 Å². The number of nitrogens with zero attached hydrogens (tertiary/aromatic N) is 5. The van der Waals surface area contributed by atoms with Gasteiger partial charge in [0, 0.05) is 30.0 Å². The van der Waals surface area contributed by atoms with Gasteiger partial charge in [0.1, 0.15) is 11.3 Å². The SMILES string of the molecule is Cn1cnnc1SCc1ccc(C(=O)NN=Cc2ccc(Cl)c([N+](=O)[O-])c2)cc1. The fourth-order valence-corrected chi connectivity index (χ4v) is 3.31. The molecule has 9 nitrogen and oxygen atoms in total. The van der Waals surface area contributed by atoms with Crippen LogP contribution in [0.4, 0.5) is 5.69 Å². The van der Waals surface area contributed by atoms with E-state index >= 15 is 0 Å². The highest BCUT2D eigenvalue weighted by molar-refractivity contribution is 7.98. The van der Waals surface area contributed by atoms with Gasteiger partial charge in [-0.15, -0.1) is 10.2 Å². The number of nitro groups is 1. The Morgan fingerprint density at radius 3 is 2.76 bits per heavy atom. The number of halogens is 1. The van der Waals surface area contributed by atoms with Crippen molar-refractivity contribution in [3.63, 3.8) is 0 Å². The number of benzene rings is 2. The van der Waals surface area contributed by atoms with Gasteiger partial charge in [-0.3, -0.25) is 14.9 Å². The number of amides is 1.